The van der Waals surface area contributed by atoms with Crippen molar-refractivity contribution in [1.82, 2.24) is 0 Å². The second-order valence-electron chi connectivity index (χ2n) is 5.98. The highest BCUT2D eigenvalue weighted by atomic mass is 16.5. The van der Waals surface area contributed by atoms with Gasteiger partial charge in [-0.3, -0.25) is 0 Å². The number of allylic oxidation sites excluding steroid dienone is 1. The standard InChI is InChI=1S/C17H21NO/c1-11-7-5-8-12(2)15(11)18-16-17(4)10-6-9-14(17)13(3)19-16/h5,7-8H,6,9-10H2,1-4H3. The molecular formula is C17H21NO. The maximum atomic E-state index is 5.97. The Kier molecular flexibility index (Phi) is 2.77. The van der Waals surface area contributed by atoms with Crippen molar-refractivity contribution in [2.75, 3.05) is 0 Å². The number of hydrogen-bond donors (Lipinski definition) is 0. The molecule has 0 N–H and O–H groups in total. The van der Waals surface area contributed by atoms with Crippen molar-refractivity contribution in [3.05, 3.63) is 40.7 Å². The van der Waals surface area contributed by atoms with E-state index in [1.807, 2.05) is 0 Å². The normalized spacial score (nSPS) is 27.9. The molecule has 1 atom stereocenters. The molecule has 2 heteroatoms. The van der Waals surface area contributed by atoms with E-state index < -0.39 is 0 Å². The molecule has 1 aliphatic carbocycles. The summed E-state index contributed by atoms with van der Waals surface area (Å²) in [5.41, 5.74) is 4.99. The zero-order chi connectivity index (χ0) is 13.6. The van der Waals surface area contributed by atoms with Crippen molar-refractivity contribution in [3.63, 3.8) is 0 Å². The number of aliphatic imine (C=N–C) groups is 1. The van der Waals surface area contributed by atoms with Crippen LogP contribution in [0.15, 0.2) is 34.5 Å². The number of fused-ring (bicyclic) bond motifs is 1. The molecule has 0 bridgehead atoms. The first-order valence-electron chi connectivity index (χ1n) is 7.06. The summed E-state index contributed by atoms with van der Waals surface area (Å²) in [6.07, 6.45) is 3.57. The summed E-state index contributed by atoms with van der Waals surface area (Å²) in [4.78, 5) is 4.87. The Hall–Kier alpha value is -1.57. The van der Waals surface area contributed by atoms with Crippen molar-refractivity contribution in [1.29, 1.82) is 0 Å². The van der Waals surface area contributed by atoms with Crippen LogP contribution in [-0.4, -0.2) is 5.90 Å². The van der Waals surface area contributed by atoms with E-state index in [-0.39, 0.29) is 5.41 Å². The molecule has 100 valence electrons. The highest BCUT2D eigenvalue weighted by Gasteiger charge is 2.46. The summed E-state index contributed by atoms with van der Waals surface area (Å²) in [6, 6.07) is 6.30. The van der Waals surface area contributed by atoms with Gasteiger partial charge in [-0.15, -0.1) is 0 Å². The average molecular weight is 255 g/mol. The van der Waals surface area contributed by atoms with E-state index in [1.54, 1.807) is 0 Å². The number of para-hydroxylation sites is 1. The predicted octanol–water partition coefficient (Wildman–Crippen LogP) is 4.83. The number of nitrogens with zero attached hydrogens (tertiary/aromatic N) is 1. The number of ether oxygens (including phenoxy) is 1. The molecule has 2 nitrogen and oxygen atoms in total. The van der Waals surface area contributed by atoms with E-state index in [0.29, 0.717) is 0 Å². The minimum Gasteiger partial charge on any atom is -0.447 e. The molecule has 1 aromatic rings. The quantitative estimate of drug-likeness (QED) is 0.704. The Balaban J connectivity index is 2.07. The Morgan fingerprint density at radius 2 is 1.84 bits per heavy atom. The van der Waals surface area contributed by atoms with E-state index in [1.165, 1.54) is 23.1 Å². The summed E-state index contributed by atoms with van der Waals surface area (Å²) in [5.74, 6) is 1.97. The van der Waals surface area contributed by atoms with Crippen LogP contribution in [0.5, 0.6) is 0 Å². The monoisotopic (exact) mass is 255 g/mol. The predicted molar refractivity (Wildman–Crippen MR) is 78.8 cm³/mol. The van der Waals surface area contributed by atoms with E-state index in [9.17, 15) is 0 Å². The second-order valence-corrected chi connectivity index (χ2v) is 5.98. The molecule has 1 heterocycles. The topological polar surface area (TPSA) is 21.6 Å². The van der Waals surface area contributed by atoms with Gasteiger partial charge in [0.05, 0.1) is 11.1 Å². The van der Waals surface area contributed by atoms with Gasteiger partial charge >= 0.3 is 0 Å². The third-order valence-corrected chi connectivity index (χ3v) is 4.57. The van der Waals surface area contributed by atoms with Crippen molar-refractivity contribution in [3.8, 4) is 0 Å². The maximum absolute atomic E-state index is 5.97. The summed E-state index contributed by atoms with van der Waals surface area (Å²) < 4.78 is 5.97. The third kappa shape index (κ3) is 1.81. The molecule has 1 saturated carbocycles. The van der Waals surface area contributed by atoms with Gasteiger partial charge in [0, 0.05) is 0 Å². The number of benzene rings is 1. The Bertz CT molecular complexity index is 577. The highest BCUT2D eigenvalue weighted by Crippen LogP contribution is 2.51. The largest absolute Gasteiger partial charge is 0.447 e. The third-order valence-electron chi connectivity index (χ3n) is 4.57. The lowest BCUT2D eigenvalue weighted by Gasteiger charge is -2.19. The smallest absolute Gasteiger partial charge is 0.204 e. The zero-order valence-corrected chi connectivity index (χ0v) is 12.2. The number of rotatable bonds is 1. The van der Waals surface area contributed by atoms with Gasteiger partial charge < -0.3 is 4.74 Å². The lowest BCUT2D eigenvalue weighted by Crippen LogP contribution is -2.22. The van der Waals surface area contributed by atoms with Crippen LogP contribution in [0.4, 0.5) is 5.69 Å². The Morgan fingerprint density at radius 3 is 2.53 bits per heavy atom. The van der Waals surface area contributed by atoms with E-state index in [0.717, 1.165) is 30.2 Å². The Morgan fingerprint density at radius 1 is 1.16 bits per heavy atom. The molecule has 0 aromatic heterocycles. The summed E-state index contributed by atoms with van der Waals surface area (Å²) in [5, 5.41) is 0. The van der Waals surface area contributed by atoms with Crippen LogP contribution >= 0.6 is 0 Å². The van der Waals surface area contributed by atoms with Crippen LogP contribution in [0.1, 0.15) is 44.2 Å². The van der Waals surface area contributed by atoms with Crippen molar-refractivity contribution in [2.45, 2.75) is 47.0 Å². The van der Waals surface area contributed by atoms with Gasteiger partial charge in [0.15, 0.2) is 0 Å². The van der Waals surface area contributed by atoms with Gasteiger partial charge in [-0.25, -0.2) is 4.99 Å². The van der Waals surface area contributed by atoms with Crippen LogP contribution in [0, 0.1) is 19.3 Å². The maximum Gasteiger partial charge on any atom is 0.204 e. The van der Waals surface area contributed by atoms with E-state index in [2.05, 4.69) is 45.9 Å². The van der Waals surface area contributed by atoms with Crippen LogP contribution in [-0.2, 0) is 4.74 Å². The summed E-state index contributed by atoms with van der Waals surface area (Å²) >= 11 is 0. The van der Waals surface area contributed by atoms with E-state index >= 15 is 0 Å². The van der Waals surface area contributed by atoms with Gasteiger partial charge in [-0.05, 0) is 63.7 Å². The second kappa shape index (κ2) is 4.22. The summed E-state index contributed by atoms with van der Waals surface area (Å²) in [6.45, 7) is 8.57. The summed E-state index contributed by atoms with van der Waals surface area (Å²) in [7, 11) is 0. The zero-order valence-electron chi connectivity index (χ0n) is 12.2. The fourth-order valence-electron chi connectivity index (χ4n) is 3.40. The van der Waals surface area contributed by atoms with Crippen molar-refractivity contribution >= 4 is 11.6 Å². The van der Waals surface area contributed by atoms with Crippen LogP contribution in [0.3, 0.4) is 0 Å². The highest BCUT2D eigenvalue weighted by molar-refractivity contribution is 5.92. The first-order chi connectivity index (χ1) is 9.02. The lowest BCUT2D eigenvalue weighted by molar-refractivity contribution is 0.395. The van der Waals surface area contributed by atoms with E-state index in [4.69, 9.17) is 9.73 Å². The van der Waals surface area contributed by atoms with Crippen molar-refractivity contribution < 1.29 is 4.74 Å². The molecule has 0 saturated heterocycles. The van der Waals surface area contributed by atoms with Gasteiger partial charge in [-0.1, -0.05) is 18.2 Å². The van der Waals surface area contributed by atoms with Crippen LogP contribution in [0.25, 0.3) is 0 Å². The van der Waals surface area contributed by atoms with Crippen LogP contribution in [0.2, 0.25) is 0 Å². The molecule has 0 radical (unpaired) electrons. The number of hydrogen-bond acceptors (Lipinski definition) is 2. The molecule has 1 fully saturated rings. The average Bonchev–Trinajstić information content (AvgIpc) is 2.84. The first-order valence-corrected chi connectivity index (χ1v) is 7.06. The molecule has 1 unspecified atom stereocenters. The van der Waals surface area contributed by atoms with Gasteiger partial charge in [0.25, 0.3) is 0 Å². The minimum absolute atomic E-state index is 0.0405. The van der Waals surface area contributed by atoms with Gasteiger partial charge in [0.1, 0.15) is 5.76 Å². The molecule has 2 aliphatic rings. The SMILES string of the molecule is CC1=C2CCCC2(C)C(=Nc2c(C)cccc2C)O1. The molecular weight excluding hydrogens is 234 g/mol. The number of aryl methyl sites for hydroxylation is 2. The van der Waals surface area contributed by atoms with Crippen molar-refractivity contribution in [2.24, 2.45) is 10.4 Å². The fraction of sp³-hybridized carbons (Fsp3) is 0.471. The first kappa shape index (κ1) is 12.5. The van der Waals surface area contributed by atoms with Gasteiger partial charge in [-0.2, -0.15) is 0 Å². The molecule has 1 aliphatic heterocycles. The lowest BCUT2D eigenvalue weighted by atomic mass is 9.85. The van der Waals surface area contributed by atoms with Gasteiger partial charge in [0.2, 0.25) is 5.90 Å². The molecule has 1 aromatic carbocycles. The molecule has 3 rings (SSSR count). The molecule has 0 spiro atoms. The molecule has 19 heavy (non-hydrogen) atoms. The fourth-order valence-corrected chi connectivity index (χ4v) is 3.40. The van der Waals surface area contributed by atoms with Crippen LogP contribution < -0.4 is 0 Å². The molecule has 0 amide bonds. The minimum atomic E-state index is 0.0405. The Labute approximate surface area is 115 Å².